The first-order valence-corrected chi connectivity index (χ1v) is 8.97. The number of halogens is 2. The van der Waals surface area contributed by atoms with E-state index in [0.29, 0.717) is 17.4 Å². The van der Waals surface area contributed by atoms with Gasteiger partial charge in [0.2, 0.25) is 5.43 Å². The lowest BCUT2D eigenvalue weighted by atomic mass is 10.1. The lowest BCUT2D eigenvalue weighted by Crippen LogP contribution is -2.20. The topological polar surface area (TPSA) is 116 Å². The average molecular weight is 430 g/mol. The van der Waals surface area contributed by atoms with Crippen LogP contribution in [0.3, 0.4) is 0 Å². The molecule has 11 heteroatoms. The number of nitrogens with zero attached hydrogens (tertiary/aromatic N) is 5. The van der Waals surface area contributed by atoms with Gasteiger partial charge in [-0.1, -0.05) is 11.6 Å². The van der Waals surface area contributed by atoms with Crippen LogP contribution in [0.4, 0.5) is 4.39 Å². The summed E-state index contributed by atoms with van der Waals surface area (Å²) in [7, 11) is 0. The van der Waals surface area contributed by atoms with Gasteiger partial charge in [-0.15, -0.1) is 10.2 Å². The number of pyridine rings is 1. The molecule has 0 radical (unpaired) electrons. The van der Waals surface area contributed by atoms with E-state index in [0.717, 1.165) is 12.3 Å². The van der Waals surface area contributed by atoms with Crippen LogP contribution in [0, 0.1) is 12.7 Å². The molecule has 3 heterocycles. The van der Waals surface area contributed by atoms with Crippen LogP contribution >= 0.6 is 11.6 Å². The third-order valence-electron chi connectivity index (χ3n) is 4.37. The Morgan fingerprint density at radius 2 is 2.20 bits per heavy atom. The Bertz CT molecular complexity index is 1360. The molecule has 0 bridgehead atoms. The van der Waals surface area contributed by atoms with Crippen molar-refractivity contribution in [3.05, 3.63) is 80.8 Å². The summed E-state index contributed by atoms with van der Waals surface area (Å²) < 4.78 is 22.0. The first kappa shape index (κ1) is 19.5. The summed E-state index contributed by atoms with van der Waals surface area (Å²) in [5.41, 5.74) is -1.07. The number of rotatable bonds is 5. The van der Waals surface area contributed by atoms with Gasteiger partial charge >= 0.3 is 5.97 Å². The molecule has 0 aliphatic carbocycles. The van der Waals surface area contributed by atoms with Crippen LogP contribution < -0.4 is 5.43 Å². The molecule has 0 unspecified atom stereocenters. The highest BCUT2D eigenvalue weighted by Gasteiger charge is 2.18. The molecule has 1 N–H and O–H groups in total. The number of carboxylic acid groups (broad SMARTS) is 1. The molecule has 30 heavy (non-hydrogen) atoms. The van der Waals surface area contributed by atoms with Crippen LogP contribution in [-0.2, 0) is 6.54 Å². The zero-order chi connectivity index (χ0) is 21.4. The van der Waals surface area contributed by atoms with Gasteiger partial charge in [-0.05, 0) is 31.2 Å². The number of hydrogen-bond acceptors (Lipinski definition) is 6. The van der Waals surface area contributed by atoms with Crippen molar-refractivity contribution in [2.24, 2.45) is 5.10 Å². The van der Waals surface area contributed by atoms with Gasteiger partial charge in [-0.2, -0.15) is 9.78 Å². The Balaban J connectivity index is 1.85. The molecular weight excluding hydrogens is 417 g/mol. The Labute approximate surface area is 172 Å². The minimum atomic E-state index is -1.43. The summed E-state index contributed by atoms with van der Waals surface area (Å²) in [4.78, 5) is 24.0. The minimum absolute atomic E-state index is 0.00461. The molecule has 0 spiro atoms. The quantitative estimate of drug-likeness (QED) is 0.488. The molecular formula is C19H13ClFN5O4. The number of aryl methyl sites for hydroxylation is 1. The van der Waals surface area contributed by atoms with Crippen molar-refractivity contribution in [2.75, 3.05) is 0 Å². The van der Waals surface area contributed by atoms with Crippen molar-refractivity contribution >= 4 is 34.7 Å². The first-order valence-electron chi connectivity index (χ1n) is 8.59. The van der Waals surface area contributed by atoms with E-state index in [-0.39, 0.29) is 22.5 Å². The van der Waals surface area contributed by atoms with Gasteiger partial charge in [0.1, 0.15) is 17.1 Å². The minimum Gasteiger partial charge on any atom is -0.477 e. The predicted molar refractivity (Wildman–Crippen MR) is 106 cm³/mol. The van der Waals surface area contributed by atoms with E-state index < -0.39 is 22.8 Å². The molecule has 1 aromatic carbocycles. The van der Waals surface area contributed by atoms with E-state index in [4.69, 9.17) is 16.0 Å². The number of aromatic carboxylic acids is 1. The van der Waals surface area contributed by atoms with Gasteiger partial charge in [0.05, 0.1) is 29.6 Å². The van der Waals surface area contributed by atoms with E-state index in [1.165, 1.54) is 27.8 Å². The van der Waals surface area contributed by atoms with Crippen molar-refractivity contribution in [3.8, 4) is 0 Å². The number of fused-ring (bicyclic) bond motifs is 1. The highest BCUT2D eigenvalue weighted by Crippen LogP contribution is 2.22. The summed E-state index contributed by atoms with van der Waals surface area (Å²) in [6.45, 7) is 1.68. The Morgan fingerprint density at radius 3 is 2.90 bits per heavy atom. The highest BCUT2D eigenvalue weighted by molar-refractivity contribution is 6.31. The van der Waals surface area contributed by atoms with E-state index >= 15 is 0 Å². The Kier molecular flexibility index (Phi) is 4.92. The standard InChI is InChI=1S/C19H13ClFN5O4/c1-10-23-24-17(26(10)22-7-11-3-2-4-30-11)9-25-8-13(19(28)29)18(27)12-5-15(21)14(20)6-16(12)25/h2-8H,9H2,1H3,(H,28,29)/b22-7+. The molecule has 0 atom stereocenters. The van der Waals surface area contributed by atoms with Crippen LogP contribution in [0.2, 0.25) is 5.02 Å². The van der Waals surface area contributed by atoms with E-state index in [2.05, 4.69) is 15.3 Å². The third-order valence-corrected chi connectivity index (χ3v) is 4.66. The summed E-state index contributed by atoms with van der Waals surface area (Å²) in [6, 6.07) is 5.62. The molecule has 0 saturated carbocycles. The van der Waals surface area contributed by atoms with Gasteiger partial charge in [-0.3, -0.25) is 4.79 Å². The number of aromatic nitrogens is 4. The fourth-order valence-corrected chi connectivity index (χ4v) is 3.11. The lowest BCUT2D eigenvalue weighted by Gasteiger charge is -2.12. The van der Waals surface area contributed by atoms with Crippen LogP contribution in [0.25, 0.3) is 10.9 Å². The number of hydrogen-bond donors (Lipinski definition) is 1. The normalized spacial score (nSPS) is 11.6. The molecule has 9 nitrogen and oxygen atoms in total. The highest BCUT2D eigenvalue weighted by atomic mass is 35.5. The number of carbonyl (C=O) groups is 1. The molecule has 0 fully saturated rings. The van der Waals surface area contributed by atoms with Crippen LogP contribution in [0.15, 0.2) is 51.0 Å². The summed E-state index contributed by atoms with van der Waals surface area (Å²) >= 11 is 5.89. The van der Waals surface area contributed by atoms with Crippen molar-refractivity contribution in [3.63, 3.8) is 0 Å². The van der Waals surface area contributed by atoms with Gasteiger partial charge in [0.25, 0.3) is 0 Å². The fraction of sp³-hybridized carbons (Fsp3) is 0.105. The number of carboxylic acids is 1. The SMILES string of the molecule is Cc1nnc(Cn2cc(C(=O)O)c(=O)c3cc(F)c(Cl)cc32)n1/N=C/c1ccco1. The molecule has 0 amide bonds. The van der Waals surface area contributed by atoms with Crippen molar-refractivity contribution in [1.82, 2.24) is 19.4 Å². The first-order chi connectivity index (χ1) is 14.3. The number of benzene rings is 1. The van der Waals surface area contributed by atoms with Crippen molar-refractivity contribution in [2.45, 2.75) is 13.5 Å². The van der Waals surface area contributed by atoms with E-state index in [1.54, 1.807) is 19.1 Å². The van der Waals surface area contributed by atoms with Crippen LogP contribution in [-0.4, -0.2) is 36.7 Å². The van der Waals surface area contributed by atoms with Crippen molar-refractivity contribution < 1.29 is 18.7 Å². The molecule has 4 aromatic rings. The second-order valence-electron chi connectivity index (χ2n) is 6.32. The van der Waals surface area contributed by atoms with Crippen LogP contribution in [0.1, 0.15) is 27.8 Å². The zero-order valence-electron chi connectivity index (χ0n) is 15.4. The molecule has 0 saturated heterocycles. The number of furan rings is 1. The second-order valence-corrected chi connectivity index (χ2v) is 6.73. The van der Waals surface area contributed by atoms with E-state index in [1.807, 2.05) is 0 Å². The van der Waals surface area contributed by atoms with Gasteiger partial charge in [0, 0.05) is 11.6 Å². The predicted octanol–water partition coefficient (Wildman–Crippen LogP) is 2.92. The molecule has 0 aliphatic rings. The van der Waals surface area contributed by atoms with Gasteiger partial charge < -0.3 is 14.1 Å². The van der Waals surface area contributed by atoms with Crippen molar-refractivity contribution in [1.29, 1.82) is 0 Å². The smallest absolute Gasteiger partial charge is 0.341 e. The Hall–Kier alpha value is -3.79. The monoisotopic (exact) mass is 429 g/mol. The summed E-state index contributed by atoms with van der Waals surface area (Å²) in [5, 5.41) is 21.4. The maximum absolute atomic E-state index is 13.9. The maximum atomic E-state index is 13.9. The molecule has 4 rings (SSSR count). The third kappa shape index (κ3) is 3.48. The van der Waals surface area contributed by atoms with E-state index in [9.17, 15) is 19.1 Å². The summed E-state index contributed by atoms with van der Waals surface area (Å²) in [5.74, 6) is -0.923. The zero-order valence-corrected chi connectivity index (χ0v) is 16.2. The van der Waals surface area contributed by atoms with Gasteiger partial charge in [0.15, 0.2) is 11.6 Å². The Morgan fingerprint density at radius 1 is 1.40 bits per heavy atom. The van der Waals surface area contributed by atoms with Gasteiger partial charge in [-0.25, -0.2) is 9.18 Å². The molecule has 152 valence electrons. The fourth-order valence-electron chi connectivity index (χ4n) is 2.95. The molecule has 3 aromatic heterocycles. The maximum Gasteiger partial charge on any atom is 0.341 e. The molecule has 0 aliphatic heterocycles. The average Bonchev–Trinajstić information content (AvgIpc) is 3.34. The lowest BCUT2D eigenvalue weighted by molar-refractivity contribution is 0.0695. The second kappa shape index (κ2) is 7.56. The largest absolute Gasteiger partial charge is 0.477 e. The van der Waals surface area contributed by atoms with Crippen LogP contribution in [0.5, 0.6) is 0 Å². The summed E-state index contributed by atoms with van der Waals surface area (Å²) in [6.07, 6.45) is 4.13.